The van der Waals surface area contributed by atoms with E-state index in [1.54, 1.807) is 42.3 Å². The zero-order valence-electron chi connectivity index (χ0n) is 25.6. The molecule has 0 radical (unpaired) electrons. The largest absolute Gasteiger partial charge is 0.444 e. The van der Waals surface area contributed by atoms with E-state index >= 15 is 0 Å². The minimum atomic E-state index is -4.30. The highest BCUT2D eigenvalue weighted by Crippen LogP contribution is 2.33. The average molecular weight is 690 g/mol. The third-order valence-electron chi connectivity index (χ3n) is 6.66. The van der Waals surface area contributed by atoms with Crippen LogP contribution in [0.5, 0.6) is 5.75 Å². The molecule has 0 aliphatic carbocycles. The smallest absolute Gasteiger partial charge is 0.410 e. The van der Waals surface area contributed by atoms with Gasteiger partial charge in [-0.05, 0) is 63.1 Å². The molecule has 13 nitrogen and oxygen atoms in total. The maximum Gasteiger partial charge on any atom is 0.410 e. The van der Waals surface area contributed by atoms with Gasteiger partial charge >= 0.3 is 12.7 Å². The fourth-order valence-corrected chi connectivity index (χ4v) is 5.99. The number of hydrogen-bond acceptors (Lipinski definition) is 9. The Morgan fingerprint density at radius 1 is 1.13 bits per heavy atom. The molecule has 4 heterocycles. The fourth-order valence-electron chi connectivity index (χ4n) is 4.69. The number of imidazole rings is 1. The molecule has 0 saturated heterocycles. The van der Waals surface area contributed by atoms with Gasteiger partial charge in [0.2, 0.25) is 5.91 Å². The van der Waals surface area contributed by atoms with Gasteiger partial charge in [-0.25, -0.2) is 27.7 Å². The Labute approximate surface area is 273 Å². The Bertz CT molecular complexity index is 2000. The number of pyridine rings is 1. The van der Waals surface area contributed by atoms with Gasteiger partial charge in [-0.1, -0.05) is 23.7 Å². The van der Waals surface area contributed by atoms with Crippen LogP contribution in [0.3, 0.4) is 0 Å². The maximum absolute atomic E-state index is 13.1. The molecule has 4 aromatic rings. The molecule has 0 bridgehead atoms. The Balaban J connectivity index is 1.48. The first kappa shape index (κ1) is 33.5. The Morgan fingerprint density at radius 2 is 1.89 bits per heavy atom. The van der Waals surface area contributed by atoms with Crippen molar-refractivity contribution >= 4 is 56.4 Å². The van der Waals surface area contributed by atoms with E-state index in [1.165, 1.54) is 37.4 Å². The van der Waals surface area contributed by atoms with Crippen molar-refractivity contribution in [3.8, 4) is 17.0 Å². The maximum atomic E-state index is 13.1. The number of nitrogens with zero attached hydrogens (tertiary/aromatic N) is 5. The molecule has 1 aromatic carbocycles. The van der Waals surface area contributed by atoms with E-state index in [0.29, 0.717) is 35.6 Å². The van der Waals surface area contributed by atoms with E-state index in [4.69, 9.17) is 21.4 Å². The predicted molar refractivity (Wildman–Crippen MR) is 170 cm³/mol. The first-order valence-electron chi connectivity index (χ1n) is 14.2. The summed E-state index contributed by atoms with van der Waals surface area (Å²) in [7, 11) is -4.30. The van der Waals surface area contributed by atoms with Crippen molar-refractivity contribution in [3.05, 3.63) is 65.6 Å². The minimum Gasteiger partial charge on any atom is -0.444 e. The molecular weight excluding hydrogens is 660 g/mol. The summed E-state index contributed by atoms with van der Waals surface area (Å²) in [6, 6.07) is 9.35. The number of nitrogens with one attached hydrogen (secondary N) is 2. The lowest BCUT2D eigenvalue weighted by Crippen LogP contribution is -2.39. The van der Waals surface area contributed by atoms with Crippen molar-refractivity contribution < 1.29 is 36.3 Å². The zero-order chi connectivity index (χ0) is 34.1. The number of carbonyl (C=O) groups excluding carboxylic acids is 2. The number of sulfonamides is 1. The second-order valence-electron chi connectivity index (χ2n) is 11.4. The molecule has 1 aliphatic heterocycles. The first-order valence-corrected chi connectivity index (χ1v) is 16.0. The molecule has 3 aromatic heterocycles. The lowest BCUT2D eigenvalue weighted by Gasteiger charge is -2.29. The molecule has 0 atom stereocenters. The summed E-state index contributed by atoms with van der Waals surface area (Å²) in [5, 5.41) is 7.30. The number of aromatic nitrogens is 4. The van der Waals surface area contributed by atoms with E-state index in [2.05, 4.69) is 24.7 Å². The van der Waals surface area contributed by atoms with Gasteiger partial charge in [0, 0.05) is 37.8 Å². The third kappa shape index (κ3) is 7.94. The molecule has 47 heavy (non-hydrogen) atoms. The van der Waals surface area contributed by atoms with Crippen LogP contribution >= 0.6 is 11.6 Å². The van der Waals surface area contributed by atoms with Crippen LogP contribution < -0.4 is 14.8 Å². The number of alkyl halides is 2. The summed E-state index contributed by atoms with van der Waals surface area (Å²) >= 11 is 6.24. The standard InChI is InChI=1S/C30H30ClF2N7O6S/c1-17(41)35-27-25(18-10-12-39(13-11-18)29(42)46-30(2,3)4)40-24(36-27)9-8-22(37-40)19-14-23(26(31)34-16-19)38-47(43,44)21-7-5-6-20(15-21)45-28(32)33/h5-10,14-16,28,38H,11-13H2,1-4H3,(H,35,41). The second-order valence-corrected chi connectivity index (χ2v) is 13.4. The number of anilines is 2. The minimum absolute atomic E-state index is 0.0896. The van der Waals surface area contributed by atoms with Crippen LogP contribution in [0.2, 0.25) is 5.15 Å². The lowest BCUT2D eigenvalue weighted by atomic mass is 10.0. The molecule has 248 valence electrons. The van der Waals surface area contributed by atoms with Crippen LogP contribution in [0.15, 0.2) is 59.6 Å². The van der Waals surface area contributed by atoms with Gasteiger partial charge in [-0.3, -0.25) is 9.52 Å². The summed E-state index contributed by atoms with van der Waals surface area (Å²) in [6.07, 6.45) is 3.22. The summed E-state index contributed by atoms with van der Waals surface area (Å²) < 4.78 is 65.3. The van der Waals surface area contributed by atoms with Gasteiger partial charge < -0.3 is 19.7 Å². The Hall–Kier alpha value is -4.83. The number of halogens is 3. The SMILES string of the molecule is CC(=O)Nc1nc2ccc(-c3cnc(Cl)c(NS(=O)(=O)c4cccc(OC(F)F)c4)c3)nn2c1C1=CCN(C(=O)OC(C)(C)C)CC1. The van der Waals surface area contributed by atoms with Crippen LogP contribution in [0.25, 0.3) is 22.5 Å². The third-order valence-corrected chi connectivity index (χ3v) is 8.32. The molecule has 17 heteroatoms. The van der Waals surface area contributed by atoms with Crippen molar-refractivity contribution in [1.82, 2.24) is 24.5 Å². The van der Waals surface area contributed by atoms with Crippen LogP contribution in [0.1, 0.15) is 39.8 Å². The van der Waals surface area contributed by atoms with Gasteiger partial charge in [-0.15, -0.1) is 0 Å². The number of benzene rings is 1. The van der Waals surface area contributed by atoms with Crippen LogP contribution in [0, 0.1) is 0 Å². The molecule has 2 amide bonds. The zero-order valence-corrected chi connectivity index (χ0v) is 27.2. The Kier molecular flexibility index (Phi) is 9.36. The number of hydrogen-bond donors (Lipinski definition) is 2. The van der Waals surface area contributed by atoms with Crippen molar-refractivity contribution in [1.29, 1.82) is 0 Å². The topological polar surface area (TPSA) is 157 Å². The van der Waals surface area contributed by atoms with Crippen LogP contribution in [-0.2, 0) is 19.6 Å². The van der Waals surface area contributed by atoms with Crippen molar-refractivity contribution in [2.75, 3.05) is 23.1 Å². The number of ether oxygens (including phenoxy) is 2. The van der Waals surface area contributed by atoms with Gasteiger partial charge in [0.25, 0.3) is 10.0 Å². The Morgan fingerprint density at radius 3 is 2.55 bits per heavy atom. The monoisotopic (exact) mass is 689 g/mol. The van der Waals surface area contributed by atoms with E-state index in [-0.39, 0.29) is 39.8 Å². The van der Waals surface area contributed by atoms with E-state index < -0.39 is 28.3 Å². The molecule has 0 unspecified atom stereocenters. The normalized spacial score (nSPS) is 13.8. The van der Waals surface area contributed by atoms with E-state index in [0.717, 1.165) is 11.6 Å². The molecular formula is C30H30ClF2N7O6S. The number of carbonyl (C=O) groups is 2. The lowest BCUT2D eigenvalue weighted by molar-refractivity contribution is -0.114. The first-order chi connectivity index (χ1) is 22.1. The van der Waals surface area contributed by atoms with Gasteiger partial charge in [0.15, 0.2) is 16.6 Å². The summed E-state index contributed by atoms with van der Waals surface area (Å²) in [5.74, 6) is -0.398. The summed E-state index contributed by atoms with van der Waals surface area (Å²) in [6.45, 7) is 4.22. The number of fused-ring (bicyclic) bond motifs is 1. The molecule has 0 saturated carbocycles. The van der Waals surface area contributed by atoms with Crippen molar-refractivity contribution in [3.63, 3.8) is 0 Å². The predicted octanol–water partition coefficient (Wildman–Crippen LogP) is 5.83. The summed E-state index contributed by atoms with van der Waals surface area (Å²) in [5.41, 5.74) is 1.70. The molecule has 1 aliphatic rings. The average Bonchev–Trinajstić information content (AvgIpc) is 3.33. The highest BCUT2D eigenvalue weighted by molar-refractivity contribution is 7.92. The van der Waals surface area contributed by atoms with Crippen molar-refractivity contribution in [2.45, 2.75) is 51.2 Å². The van der Waals surface area contributed by atoms with E-state index in [9.17, 15) is 26.8 Å². The fraction of sp³-hybridized carbons (Fsp3) is 0.300. The quantitative estimate of drug-likeness (QED) is 0.217. The number of rotatable bonds is 8. The summed E-state index contributed by atoms with van der Waals surface area (Å²) in [4.78, 5) is 34.5. The molecule has 0 spiro atoms. The molecule has 5 rings (SSSR count). The van der Waals surface area contributed by atoms with Crippen LogP contribution in [0.4, 0.5) is 25.1 Å². The van der Waals surface area contributed by atoms with Gasteiger partial charge in [0.1, 0.15) is 17.0 Å². The van der Waals surface area contributed by atoms with Gasteiger partial charge in [-0.2, -0.15) is 13.9 Å². The highest BCUT2D eigenvalue weighted by atomic mass is 35.5. The molecule has 2 N–H and O–H groups in total. The molecule has 0 fully saturated rings. The van der Waals surface area contributed by atoms with Crippen LogP contribution in [-0.4, -0.2) is 70.2 Å². The number of amides is 2. The highest BCUT2D eigenvalue weighted by Gasteiger charge is 2.27. The van der Waals surface area contributed by atoms with E-state index in [1.807, 2.05) is 6.08 Å². The van der Waals surface area contributed by atoms with Crippen molar-refractivity contribution in [2.24, 2.45) is 0 Å². The second kappa shape index (κ2) is 13.1. The van der Waals surface area contributed by atoms with Gasteiger partial charge in [0.05, 0.1) is 16.3 Å².